The minimum Gasteiger partial charge on any atom is -0.465 e. The first-order valence-electron chi connectivity index (χ1n) is 5.90. The van der Waals surface area contributed by atoms with Crippen molar-refractivity contribution in [2.24, 2.45) is 0 Å². The summed E-state index contributed by atoms with van der Waals surface area (Å²) >= 11 is 5.75. The maximum atomic E-state index is 12.4. The van der Waals surface area contributed by atoms with Gasteiger partial charge in [-0.25, -0.2) is 13.2 Å². The van der Waals surface area contributed by atoms with Crippen LogP contribution in [0, 0.1) is 0 Å². The maximum absolute atomic E-state index is 12.4. The van der Waals surface area contributed by atoms with Crippen LogP contribution in [0.25, 0.3) is 0 Å². The molecule has 0 aliphatic heterocycles. The molecule has 0 aliphatic rings. The molecule has 5 nitrogen and oxygen atoms in total. The monoisotopic (exact) mass is 325 g/mol. The number of benzene rings is 2. The van der Waals surface area contributed by atoms with Crippen molar-refractivity contribution in [3.05, 3.63) is 59.1 Å². The topological polar surface area (TPSA) is 72.5 Å². The number of nitrogens with one attached hydrogen (secondary N) is 1. The van der Waals surface area contributed by atoms with Crippen LogP contribution in [0.5, 0.6) is 0 Å². The average Bonchev–Trinajstić information content (AvgIpc) is 2.48. The van der Waals surface area contributed by atoms with Gasteiger partial charge in [-0.2, -0.15) is 0 Å². The molecule has 0 spiro atoms. The van der Waals surface area contributed by atoms with E-state index in [1.165, 1.54) is 37.4 Å². The van der Waals surface area contributed by atoms with E-state index in [9.17, 15) is 13.2 Å². The Labute approximate surface area is 127 Å². The number of hydrogen-bond acceptors (Lipinski definition) is 4. The number of ether oxygens (including phenoxy) is 1. The molecule has 2 rings (SSSR count). The fraction of sp³-hybridized carbons (Fsp3) is 0.0714. The van der Waals surface area contributed by atoms with Crippen molar-refractivity contribution in [2.75, 3.05) is 11.8 Å². The van der Waals surface area contributed by atoms with Gasteiger partial charge in [0.15, 0.2) is 0 Å². The minimum atomic E-state index is -3.91. The van der Waals surface area contributed by atoms with Crippen LogP contribution in [-0.4, -0.2) is 21.5 Å². The summed E-state index contributed by atoms with van der Waals surface area (Å²) < 4.78 is 31.7. The predicted octanol–water partition coefficient (Wildman–Crippen LogP) is 2.93. The molecule has 1 N–H and O–H groups in total. The number of halogens is 1. The van der Waals surface area contributed by atoms with E-state index in [-0.39, 0.29) is 10.5 Å². The molecule has 21 heavy (non-hydrogen) atoms. The molecular weight excluding hydrogens is 314 g/mol. The zero-order valence-electron chi connectivity index (χ0n) is 11.0. The predicted molar refractivity (Wildman–Crippen MR) is 80.0 cm³/mol. The van der Waals surface area contributed by atoms with E-state index >= 15 is 0 Å². The Morgan fingerprint density at radius 2 is 1.71 bits per heavy atom. The lowest BCUT2D eigenvalue weighted by molar-refractivity contribution is 0.0596. The highest BCUT2D eigenvalue weighted by Gasteiger charge is 2.22. The third kappa shape index (κ3) is 3.53. The number of esters is 1. The van der Waals surface area contributed by atoms with Gasteiger partial charge in [-0.1, -0.05) is 23.7 Å². The average molecular weight is 326 g/mol. The van der Waals surface area contributed by atoms with E-state index in [1.54, 1.807) is 18.2 Å². The molecule has 0 fully saturated rings. The van der Waals surface area contributed by atoms with Gasteiger partial charge in [0.2, 0.25) is 0 Å². The smallest absolute Gasteiger partial charge is 0.339 e. The highest BCUT2D eigenvalue weighted by molar-refractivity contribution is 7.92. The first kappa shape index (κ1) is 15.3. The second-order valence-corrected chi connectivity index (χ2v) is 6.19. The Bertz CT molecular complexity index is 757. The van der Waals surface area contributed by atoms with Gasteiger partial charge in [0, 0.05) is 10.7 Å². The second kappa shape index (κ2) is 6.15. The molecule has 110 valence electrons. The largest absolute Gasteiger partial charge is 0.465 e. The number of methoxy groups -OCH3 is 1. The van der Waals surface area contributed by atoms with Crippen LogP contribution in [-0.2, 0) is 14.8 Å². The Hall–Kier alpha value is -2.05. The first-order valence-corrected chi connectivity index (χ1v) is 7.76. The fourth-order valence-corrected chi connectivity index (χ4v) is 3.09. The maximum Gasteiger partial charge on any atom is 0.339 e. The molecule has 0 aliphatic carbocycles. The lowest BCUT2D eigenvalue weighted by Gasteiger charge is -2.11. The van der Waals surface area contributed by atoms with Gasteiger partial charge < -0.3 is 4.74 Å². The van der Waals surface area contributed by atoms with Crippen LogP contribution in [0.2, 0.25) is 5.02 Å². The summed E-state index contributed by atoms with van der Waals surface area (Å²) in [5.74, 6) is -0.716. The van der Waals surface area contributed by atoms with Crippen molar-refractivity contribution >= 4 is 33.3 Å². The Kier molecular flexibility index (Phi) is 4.50. The summed E-state index contributed by atoms with van der Waals surface area (Å²) in [6.45, 7) is 0. The van der Waals surface area contributed by atoms with Gasteiger partial charge in [-0.05, 0) is 36.4 Å². The molecular formula is C14H12ClNO4S. The highest BCUT2D eigenvalue weighted by Crippen LogP contribution is 2.21. The molecule has 2 aromatic rings. The van der Waals surface area contributed by atoms with Crippen molar-refractivity contribution in [3.63, 3.8) is 0 Å². The van der Waals surface area contributed by atoms with E-state index in [2.05, 4.69) is 9.46 Å². The molecule has 0 saturated heterocycles. The molecule has 0 heterocycles. The number of carbonyl (C=O) groups is 1. The third-order valence-electron chi connectivity index (χ3n) is 2.68. The standard InChI is InChI=1S/C14H12ClNO4S/c1-20-14(17)12-4-2-3-5-13(12)21(18,19)16-11-8-6-10(15)7-9-11/h2-9,16H,1H3. The molecule has 0 amide bonds. The number of anilines is 1. The van der Waals surface area contributed by atoms with Gasteiger partial charge >= 0.3 is 5.97 Å². The Morgan fingerprint density at radius 1 is 1.10 bits per heavy atom. The number of rotatable bonds is 4. The third-order valence-corrected chi connectivity index (χ3v) is 4.37. The van der Waals surface area contributed by atoms with Crippen molar-refractivity contribution in [3.8, 4) is 0 Å². The first-order chi connectivity index (χ1) is 9.94. The number of carbonyl (C=O) groups excluding carboxylic acids is 1. The molecule has 7 heteroatoms. The van der Waals surface area contributed by atoms with Gasteiger partial charge in [-0.3, -0.25) is 4.72 Å². The van der Waals surface area contributed by atoms with Gasteiger partial charge in [-0.15, -0.1) is 0 Å². The molecule has 0 aromatic heterocycles. The number of hydrogen-bond donors (Lipinski definition) is 1. The lowest BCUT2D eigenvalue weighted by Crippen LogP contribution is -2.17. The summed E-state index contributed by atoms with van der Waals surface area (Å²) in [5, 5.41) is 0.493. The van der Waals surface area contributed by atoms with E-state index in [1.807, 2.05) is 0 Å². The fourth-order valence-electron chi connectivity index (χ4n) is 1.71. The molecule has 0 saturated carbocycles. The van der Waals surface area contributed by atoms with Crippen molar-refractivity contribution < 1.29 is 17.9 Å². The van der Waals surface area contributed by atoms with Crippen LogP contribution in [0.4, 0.5) is 5.69 Å². The van der Waals surface area contributed by atoms with Crippen LogP contribution < -0.4 is 4.72 Å². The molecule has 0 radical (unpaired) electrons. The summed E-state index contributed by atoms with van der Waals surface area (Å²) in [5.41, 5.74) is 0.320. The molecule has 0 unspecified atom stereocenters. The van der Waals surface area contributed by atoms with Crippen LogP contribution in [0.15, 0.2) is 53.4 Å². The summed E-state index contributed by atoms with van der Waals surface area (Å²) in [4.78, 5) is 11.5. The quantitative estimate of drug-likeness (QED) is 0.877. The number of sulfonamides is 1. The van der Waals surface area contributed by atoms with E-state index < -0.39 is 16.0 Å². The van der Waals surface area contributed by atoms with Crippen LogP contribution >= 0.6 is 11.6 Å². The SMILES string of the molecule is COC(=O)c1ccccc1S(=O)(=O)Nc1ccc(Cl)cc1. The van der Waals surface area contributed by atoms with Gasteiger partial charge in [0.25, 0.3) is 10.0 Å². The van der Waals surface area contributed by atoms with Crippen molar-refractivity contribution in [1.82, 2.24) is 0 Å². The summed E-state index contributed by atoms with van der Waals surface area (Å²) in [6, 6.07) is 12.0. The minimum absolute atomic E-state index is 0.0264. The van der Waals surface area contributed by atoms with E-state index in [0.717, 1.165) is 0 Å². The van der Waals surface area contributed by atoms with E-state index in [0.29, 0.717) is 10.7 Å². The zero-order chi connectivity index (χ0) is 15.5. The Morgan fingerprint density at radius 3 is 2.33 bits per heavy atom. The summed E-state index contributed by atoms with van der Waals surface area (Å²) in [6.07, 6.45) is 0. The zero-order valence-corrected chi connectivity index (χ0v) is 12.6. The molecule has 0 bridgehead atoms. The van der Waals surface area contributed by atoms with Crippen LogP contribution in [0.1, 0.15) is 10.4 Å². The van der Waals surface area contributed by atoms with Crippen molar-refractivity contribution in [1.29, 1.82) is 0 Å². The highest BCUT2D eigenvalue weighted by atomic mass is 35.5. The van der Waals surface area contributed by atoms with Crippen molar-refractivity contribution in [2.45, 2.75) is 4.90 Å². The van der Waals surface area contributed by atoms with Crippen LogP contribution in [0.3, 0.4) is 0 Å². The molecule has 0 atom stereocenters. The second-order valence-electron chi connectivity index (χ2n) is 4.10. The van der Waals surface area contributed by atoms with Gasteiger partial charge in [0.05, 0.1) is 12.7 Å². The summed E-state index contributed by atoms with van der Waals surface area (Å²) in [7, 11) is -2.71. The lowest BCUT2D eigenvalue weighted by atomic mass is 10.2. The molecule has 2 aromatic carbocycles. The van der Waals surface area contributed by atoms with E-state index in [4.69, 9.17) is 11.6 Å². The Balaban J connectivity index is 2.40. The van der Waals surface area contributed by atoms with Gasteiger partial charge in [0.1, 0.15) is 4.90 Å². The normalized spacial score (nSPS) is 11.0.